The number of aliphatic carboxylic acids is 2. The van der Waals surface area contributed by atoms with Crippen molar-refractivity contribution in [3.63, 3.8) is 0 Å². The standard InChI is InChI=1S/C13H20N2O.C9H10O4/c1-2-11-16-13-5-3-12(4-6-13)15-9-7-14-8-10-15;1-9(8(12)13)4-2-3-6(5-9)7(10)11/h3-6,14H,2,7-11H2,1H3;2-4H,5H2,1H3,(H,10,11)(H,12,13)/t;9-/m.0/s1. The topological polar surface area (TPSA) is 99.1 Å². The van der Waals surface area contributed by atoms with Crippen molar-refractivity contribution >= 4 is 17.6 Å². The van der Waals surface area contributed by atoms with Crippen molar-refractivity contribution < 1.29 is 24.5 Å². The Morgan fingerprint density at radius 2 is 1.83 bits per heavy atom. The predicted octanol–water partition coefficient (Wildman–Crippen LogP) is 2.93. The van der Waals surface area contributed by atoms with E-state index in [1.807, 2.05) is 0 Å². The van der Waals surface area contributed by atoms with Crippen molar-refractivity contribution in [3.8, 4) is 5.75 Å². The Morgan fingerprint density at radius 3 is 2.38 bits per heavy atom. The van der Waals surface area contributed by atoms with E-state index in [4.69, 9.17) is 14.9 Å². The maximum atomic E-state index is 10.8. The van der Waals surface area contributed by atoms with E-state index < -0.39 is 17.4 Å². The monoisotopic (exact) mass is 402 g/mol. The van der Waals surface area contributed by atoms with Crippen LogP contribution in [-0.2, 0) is 9.59 Å². The molecule has 1 aromatic carbocycles. The lowest BCUT2D eigenvalue weighted by Gasteiger charge is -2.29. The minimum absolute atomic E-state index is 0.0359. The molecule has 1 aliphatic heterocycles. The molecule has 29 heavy (non-hydrogen) atoms. The molecule has 1 aromatic rings. The number of ether oxygens (including phenoxy) is 1. The van der Waals surface area contributed by atoms with Crippen LogP contribution in [-0.4, -0.2) is 54.9 Å². The van der Waals surface area contributed by atoms with Crippen LogP contribution in [0.1, 0.15) is 26.7 Å². The highest BCUT2D eigenvalue weighted by Gasteiger charge is 2.34. The molecule has 0 spiro atoms. The van der Waals surface area contributed by atoms with Crippen molar-refractivity contribution in [1.29, 1.82) is 0 Å². The van der Waals surface area contributed by atoms with E-state index in [9.17, 15) is 9.59 Å². The van der Waals surface area contributed by atoms with Gasteiger partial charge < -0.3 is 25.2 Å². The zero-order valence-electron chi connectivity index (χ0n) is 17.1. The number of carboxylic acids is 2. The van der Waals surface area contributed by atoms with Crippen molar-refractivity contribution in [3.05, 3.63) is 48.1 Å². The summed E-state index contributed by atoms with van der Waals surface area (Å²) in [5.74, 6) is -1.09. The summed E-state index contributed by atoms with van der Waals surface area (Å²) in [5.41, 5.74) is 0.348. The van der Waals surface area contributed by atoms with Crippen LogP contribution in [0, 0.1) is 5.41 Å². The van der Waals surface area contributed by atoms with E-state index >= 15 is 0 Å². The molecule has 158 valence electrons. The highest BCUT2D eigenvalue weighted by Crippen LogP contribution is 2.31. The van der Waals surface area contributed by atoms with Crippen LogP contribution in [0.5, 0.6) is 5.75 Å². The number of nitrogens with one attached hydrogen (secondary N) is 1. The summed E-state index contributed by atoms with van der Waals surface area (Å²) in [6, 6.07) is 8.42. The summed E-state index contributed by atoms with van der Waals surface area (Å²) in [6.07, 6.45) is 5.49. The van der Waals surface area contributed by atoms with Gasteiger partial charge in [-0.25, -0.2) is 4.79 Å². The van der Waals surface area contributed by atoms with Crippen LogP contribution in [0.4, 0.5) is 5.69 Å². The second-order valence-corrected chi connectivity index (χ2v) is 7.33. The average Bonchev–Trinajstić information content (AvgIpc) is 2.73. The Bertz CT molecular complexity index is 751. The number of hydrogen-bond donors (Lipinski definition) is 3. The van der Waals surface area contributed by atoms with Gasteiger partial charge in [0.05, 0.1) is 12.0 Å². The molecule has 0 radical (unpaired) electrons. The summed E-state index contributed by atoms with van der Waals surface area (Å²) < 4.78 is 5.57. The molecule has 7 heteroatoms. The third-order valence-corrected chi connectivity index (χ3v) is 4.87. The Hall–Kier alpha value is -2.80. The fourth-order valence-corrected chi connectivity index (χ4v) is 3.08. The van der Waals surface area contributed by atoms with Crippen molar-refractivity contribution in [2.24, 2.45) is 5.41 Å². The molecule has 1 heterocycles. The SMILES string of the molecule is CCCOc1ccc(N2CCNCC2)cc1.C[C@]1(C(=O)O)C=CC=C(C(=O)O)C1. The van der Waals surface area contributed by atoms with Crippen molar-refractivity contribution in [1.82, 2.24) is 5.32 Å². The number of nitrogens with zero attached hydrogens (tertiary/aromatic N) is 1. The number of piperazine rings is 1. The van der Waals surface area contributed by atoms with E-state index in [1.165, 1.54) is 30.8 Å². The van der Waals surface area contributed by atoms with Gasteiger partial charge in [0.15, 0.2) is 0 Å². The van der Waals surface area contributed by atoms with Gasteiger partial charge in [-0.1, -0.05) is 25.2 Å². The molecule has 3 rings (SSSR count). The average molecular weight is 402 g/mol. The molecule has 1 aliphatic carbocycles. The van der Waals surface area contributed by atoms with Gasteiger partial charge in [-0.3, -0.25) is 4.79 Å². The van der Waals surface area contributed by atoms with E-state index in [1.54, 1.807) is 0 Å². The fourth-order valence-electron chi connectivity index (χ4n) is 3.08. The summed E-state index contributed by atoms with van der Waals surface area (Å²) in [7, 11) is 0. The van der Waals surface area contributed by atoms with Crippen molar-refractivity contribution in [2.75, 3.05) is 37.7 Å². The highest BCUT2D eigenvalue weighted by atomic mass is 16.5. The Labute approximate surface area is 171 Å². The van der Waals surface area contributed by atoms with Gasteiger partial charge in [-0.2, -0.15) is 0 Å². The highest BCUT2D eigenvalue weighted by molar-refractivity contribution is 5.90. The van der Waals surface area contributed by atoms with Gasteiger partial charge in [0, 0.05) is 37.4 Å². The molecule has 0 unspecified atom stereocenters. The lowest BCUT2D eigenvalue weighted by molar-refractivity contribution is -0.145. The minimum Gasteiger partial charge on any atom is -0.494 e. The molecule has 1 fully saturated rings. The van der Waals surface area contributed by atoms with Crippen LogP contribution < -0.4 is 15.0 Å². The van der Waals surface area contributed by atoms with Crippen LogP contribution in [0.25, 0.3) is 0 Å². The maximum Gasteiger partial charge on any atom is 0.331 e. The maximum absolute atomic E-state index is 10.8. The molecule has 3 N–H and O–H groups in total. The van der Waals surface area contributed by atoms with Crippen LogP contribution >= 0.6 is 0 Å². The lowest BCUT2D eigenvalue weighted by atomic mass is 9.80. The molecular formula is C22H30N2O5. The Morgan fingerprint density at radius 1 is 1.17 bits per heavy atom. The normalized spacial score (nSPS) is 20.9. The molecule has 0 aromatic heterocycles. The van der Waals surface area contributed by atoms with Crippen LogP contribution in [0.15, 0.2) is 48.1 Å². The van der Waals surface area contributed by atoms with E-state index in [0.717, 1.165) is 45.0 Å². The molecule has 7 nitrogen and oxygen atoms in total. The predicted molar refractivity (Wildman–Crippen MR) is 113 cm³/mol. The first-order chi connectivity index (χ1) is 13.9. The lowest BCUT2D eigenvalue weighted by Crippen LogP contribution is -2.43. The number of allylic oxidation sites excluding steroid dienone is 2. The van der Waals surface area contributed by atoms with Crippen LogP contribution in [0.2, 0.25) is 0 Å². The Balaban J connectivity index is 0.000000212. The number of benzene rings is 1. The van der Waals surface area contributed by atoms with Gasteiger partial charge in [0.1, 0.15) is 5.75 Å². The summed E-state index contributed by atoms with van der Waals surface area (Å²) in [5, 5.41) is 20.8. The molecule has 1 saturated heterocycles. The fraction of sp³-hybridized carbons (Fsp3) is 0.455. The smallest absolute Gasteiger partial charge is 0.331 e. The van der Waals surface area contributed by atoms with Crippen molar-refractivity contribution in [2.45, 2.75) is 26.7 Å². The molecule has 0 bridgehead atoms. The van der Waals surface area contributed by atoms with E-state index in [2.05, 4.69) is 41.4 Å². The molecule has 2 aliphatic rings. The minimum atomic E-state index is -1.08. The first-order valence-electron chi connectivity index (χ1n) is 9.89. The third-order valence-electron chi connectivity index (χ3n) is 4.87. The zero-order chi connectivity index (χ0) is 21.3. The number of anilines is 1. The molecule has 0 saturated carbocycles. The van der Waals surface area contributed by atoms with Gasteiger partial charge in [-0.05, 0) is 44.0 Å². The largest absolute Gasteiger partial charge is 0.494 e. The van der Waals surface area contributed by atoms with E-state index in [0.29, 0.717) is 0 Å². The number of rotatable bonds is 6. The van der Waals surface area contributed by atoms with Gasteiger partial charge in [-0.15, -0.1) is 0 Å². The first-order valence-corrected chi connectivity index (χ1v) is 9.89. The summed E-state index contributed by atoms with van der Waals surface area (Å²) >= 11 is 0. The quantitative estimate of drug-likeness (QED) is 0.673. The summed E-state index contributed by atoms with van der Waals surface area (Å²) in [6.45, 7) is 8.76. The summed E-state index contributed by atoms with van der Waals surface area (Å²) in [4.78, 5) is 23.7. The number of carboxylic acid groups (broad SMARTS) is 2. The molecular weight excluding hydrogens is 372 g/mol. The van der Waals surface area contributed by atoms with Crippen LogP contribution in [0.3, 0.4) is 0 Å². The number of carbonyl (C=O) groups is 2. The second-order valence-electron chi connectivity index (χ2n) is 7.33. The van der Waals surface area contributed by atoms with Gasteiger partial charge >= 0.3 is 11.9 Å². The number of hydrogen-bond acceptors (Lipinski definition) is 5. The molecule has 0 amide bonds. The van der Waals surface area contributed by atoms with Gasteiger partial charge in [0.2, 0.25) is 0 Å². The second kappa shape index (κ2) is 10.7. The molecule has 1 atom stereocenters. The first kappa shape index (κ1) is 22.5. The Kier molecular flexibility index (Phi) is 8.27. The van der Waals surface area contributed by atoms with Gasteiger partial charge in [0.25, 0.3) is 0 Å². The van der Waals surface area contributed by atoms with E-state index in [-0.39, 0.29) is 12.0 Å². The third kappa shape index (κ3) is 6.64. The zero-order valence-corrected chi connectivity index (χ0v) is 17.1.